The zero-order valence-electron chi connectivity index (χ0n) is 21.6. The summed E-state index contributed by atoms with van der Waals surface area (Å²) < 4.78 is 0. The van der Waals surface area contributed by atoms with Gasteiger partial charge in [0.15, 0.2) is 0 Å². The van der Waals surface area contributed by atoms with Gasteiger partial charge >= 0.3 is 5.97 Å². The van der Waals surface area contributed by atoms with Gasteiger partial charge in [-0.25, -0.2) is 9.78 Å². The molecule has 3 rings (SSSR count). The van der Waals surface area contributed by atoms with Crippen LogP contribution in [-0.2, 0) is 32.0 Å². The second-order valence-corrected chi connectivity index (χ2v) is 10.0. The summed E-state index contributed by atoms with van der Waals surface area (Å²) >= 11 is 0. The third kappa shape index (κ3) is 7.78. The Morgan fingerprint density at radius 3 is 2.45 bits per heavy atom. The smallest absolute Gasteiger partial charge is 0.326 e. The zero-order valence-corrected chi connectivity index (χ0v) is 21.6. The molecule has 38 heavy (non-hydrogen) atoms. The predicted octanol–water partition coefficient (Wildman–Crippen LogP) is 0.319. The maximum Gasteiger partial charge on any atom is 0.326 e. The Morgan fingerprint density at radius 1 is 1.13 bits per heavy atom. The number of nitrogens with zero attached hydrogens (tertiary/aromatic N) is 2. The number of carboxylic acid groups (broad SMARTS) is 1. The number of aromatic nitrogens is 2. The van der Waals surface area contributed by atoms with Gasteiger partial charge in [0.1, 0.15) is 23.9 Å². The molecule has 1 fully saturated rings. The van der Waals surface area contributed by atoms with E-state index in [0.29, 0.717) is 25.1 Å². The molecule has 1 saturated heterocycles. The number of amides is 3. The number of aromatic hydroxyl groups is 1. The van der Waals surface area contributed by atoms with E-state index in [2.05, 4.69) is 20.6 Å². The number of nitrogens with one attached hydrogen (secondary N) is 3. The van der Waals surface area contributed by atoms with Crippen molar-refractivity contribution >= 4 is 23.7 Å². The van der Waals surface area contributed by atoms with E-state index in [1.807, 2.05) is 13.8 Å². The predicted molar refractivity (Wildman–Crippen MR) is 138 cm³/mol. The summed E-state index contributed by atoms with van der Waals surface area (Å²) in [5, 5.41) is 24.3. The van der Waals surface area contributed by atoms with Crippen LogP contribution in [-0.4, -0.2) is 79.5 Å². The average molecular weight is 529 g/mol. The summed E-state index contributed by atoms with van der Waals surface area (Å²) in [7, 11) is 0. The van der Waals surface area contributed by atoms with Gasteiger partial charge in [0.25, 0.3) is 0 Å². The Balaban J connectivity index is 1.73. The van der Waals surface area contributed by atoms with E-state index in [1.165, 1.54) is 23.4 Å². The Morgan fingerprint density at radius 2 is 1.84 bits per heavy atom. The highest BCUT2D eigenvalue weighted by Gasteiger charge is 2.39. The number of nitrogens with two attached hydrogens (primary N) is 1. The van der Waals surface area contributed by atoms with E-state index >= 15 is 0 Å². The van der Waals surface area contributed by atoms with Gasteiger partial charge in [0.2, 0.25) is 17.7 Å². The van der Waals surface area contributed by atoms with Gasteiger partial charge in [-0.05, 0) is 49.3 Å². The molecule has 1 aliphatic heterocycles. The minimum atomic E-state index is -1.13. The number of benzene rings is 1. The van der Waals surface area contributed by atoms with Gasteiger partial charge < -0.3 is 36.5 Å². The van der Waals surface area contributed by atoms with Crippen LogP contribution in [0.3, 0.4) is 0 Å². The van der Waals surface area contributed by atoms with Crippen molar-refractivity contribution in [3.63, 3.8) is 0 Å². The molecule has 3 amide bonds. The van der Waals surface area contributed by atoms with Gasteiger partial charge in [-0.2, -0.15) is 0 Å². The van der Waals surface area contributed by atoms with Crippen molar-refractivity contribution in [3.05, 3.63) is 48.0 Å². The third-order valence-corrected chi connectivity index (χ3v) is 6.48. The number of hydrogen-bond donors (Lipinski definition) is 6. The summed E-state index contributed by atoms with van der Waals surface area (Å²) in [4.78, 5) is 59.6. The third-order valence-electron chi connectivity index (χ3n) is 6.48. The van der Waals surface area contributed by atoms with Crippen molar-refractivity contribution in [3.8, 4) is 5.75 Å². The summed E-state index contributed by atoms with van der Waals surface area (Å²) in [5.74, 6) is -2.51. The number of carbonyl (C=O) groups is 4. The van der Waals surface area contributed by atoms with Crippen LogP contribution in [0.1, 0.15) is 44.4 Å². The number of aromatic amines is 1. The first-order valence-electron chi connectivity index (χ1n) is 12.7. The molecule has 12 heteroatoms. The number of imidazole rings is 1. The number of carbonyl (C=O) groups excluding carboxylic acids is 3. The topological polar surface area (TPSA) is 191 Å². The highest BCUT2D eigenvalue weighted by Crippen LogP contribution is 2.20. The van der Waals surface area contributed by atoms with Gasteiger partial charge in [-0.15, -0.1) is 0 Å². The molecule has 2 heterocycles. The van der Waals surface area contributed by atoms with E-state index in [9.17, 15) is 29.4 Å². The molecule has 0 radical (unpaired) electrons. The first-order chi connectivity index (χ1) is 18.0. The lowest BCUT2D eigenvalue weighted by Crippen LogP contribution is -2.57. The van der Waals surface area contributed by atoms with E-state index < -0.39 is 47.9 Å². The lowest BCUT2D eigenvalue weighted by atomic mass is 10.0. The summed E-state index contributed by atoms with van der Waals surface area (Å²) in [6.45, 7) is 4.03. The van der Waals surface area contributed by atoms with Crippen LogP contribution in [0.4, 0.5) is 0 Å². The number of H-pyrrole nitrogens is 1. The van der Waals surface area contributed by atoms with Crippen LogP contribution < -0.4 is 16.4 Å². The van der Waals surface area contributed by atoms with Crippen LogP contribution in [0, 0.1) is 5.92 Å². The number of rotatable bonds is 12. The van der Waals surface area contributed by atoms with E-state index in [-0.39, 0.29) is 30.9 Å². The number of phenolic OH excluding ortho intramolecular Hbond substituents is 1. The second-order valence-electron chi connectivity index (χ2n) is 10.0. The lowest BCUT2D eigenvalue weighted by Gasteiger charge is -2.30. The van der Waals surface area contributed by atoms with Crippen molar-refractivity contribution in [2.45, 2.75) is 70.1 Å². The SMILES string of the molecule is CC(C)CC(NC(=O)C1CCCN1C(=O)C(Cc1cnc[nH]1)NC(=O)C(N)Cc1ccc(O)cc1)C(=O)O. The van der Waals surface area contributed by atoms with Crippen LogP contribution in [0.5, 0.6) is 5.75 Å². The maximum absolute atomic E-state index is 13.6. The molecule has 1 aliphatic rings. The normalized spacial score (nSPS) is 17.6. The molecule has 2 aromatic rings. The van der Waals surface area contributed by atoms with Crippen molar-refractivity contribution in [2.75, 3.05) is 6.54 Å². The van der Waals surface area contributed by atoms with Crippen molar-refractivity contribution in [1.29, 1.82) is 0 Å². The second kappa shape index (κ2) is 13.0. The highest BCUT2D eigenvalue weighted by atomic mass is 16.4. The van der Waals surface area contributed by atoms with Gasteiger partial charge in [0.05, 0.1) is 12.4 Å². The van der Waals surface area contributed by atoms with Crippen molar-refractivity contribution in [1.82, 2.24) is 25.5 Å². The molecular weight excluding hydrogens is 492 g/mol. The molecule has 7 N–H and O–H groups in total. The summed E-state index contributed by atoms with van der Waals surface area (Å²) in [5.41, 5.74) is 7.47. The molecule has 0 saturated carbocycles. The first kappa shape index (κ1) is 28.6. The van der Waals surface area contributed by atoms with E-state index in [1.54, 1.807) is 18.3 Å². The average Bonchev–Trinajstić information content (AvgIpc) is 3.56. The minimum absolute atomic E-state index is 0.0532. The van der Waals surface area contributed by atoms with Crippen LogP contribution in [0.15, 0.2) is 36.8 Å². The molecule has 4 unspecified atom stereocenters. The fourth-order valence-corrected chi connectivity index (χ4v) is 4.54. The quantitative estimate of drug-likeness (QED) is 0.227. The lowest BCUT2D eigenvalue weighted by molar-refractivity contribution is -0.145. The number of likely N-dealkylation sites (tertiary alicyclic amines) is 1. The van der Waals surface area contributed by atoms with Gasteiger partial charge in [0, 0.05) is 24.9 Å². The fraction of sp³-hybridized carbons (Fsp3) is 0.500. The van der Waals surface area contributed by atoms with E-state index in [4.69, 9.17) is 5.73 Å². The standard InChI is InChI=1S/C26H36N6O6/c1-15(2)10-21(26(37)38)31-24(35)22-4-3-9-32(22)25(36)20(12-17-13-28-14-29-17)30-23(34)19(27)11-16-5-7-18(33)8-6-16/h5-8,13-15,19-22,33H,3-4,9-12,27H2,1-2H3,(H,28,29)(H,30,34)(H,31,35)(H,37,38). The molecule has 1 aromatic carbocycles. The van der Waals surface area contributed by atoms with Gasteiger partial charge in [-0.3, -0.25) is 14.4 Å². The fourth-order valence-electron chi connectivity index (χ4n) is 4.54. The van der Waals surface area contributed by atoms with Crippen molar-refractivity contribution in [2.24, 2.45) is 11.7 Å². The molecular formula is C26H36N6O6. The van der Waals surface area contributed by atoms with E-state index in [0.717, 1.165) is 5.56 Å². The molecule has 1 aromatic heterocycles. The number of hydrogen-bond acceptors (Lipinski definition) is 7. The molecule has 4 atom stereocenters. The largest absolute Gasteiger partial charge is 0.508 e. The molecule has 0 bridgehead atoms. The number of aliphatic carboxylic acids is 1. The monoisotopic (exact) mass is 528 g/mol. The van der Waals surface area contributed by atoms with Crippen molar-refractivity contribution < 1.29 is 29.4 Å². The van der Waals surface area contributed by atoms with Crippen LogP contribution >= 0.6 is 0 Å². The number of carboxylic acids is 1. The van der Waals surface area contributed by atoms with Gasteiger partial charge in [-0.1, -0.05) is 26.0 Å². The molecule has 12 nitrogen and oxygen atoms in total. The molecule has 0 aliphatic carbocycles. The Hall–Kier alpha value is -3.93. The van der Waals surface area contributed by atoms with Crippen LogP contribution in [0.2, 0.25) is 0 Å². The molecule has 0 spiro atoms. The molecule has 206 valence electrons. The Kier molecular flexibility index (Phi) is 9.83. The zero-order chi connectivity index (χ0) is 27.8. The summed E-state index contributed by atoms with van der Waals surface area (Å²) in [6, 6.07) is 2.44. The minimum Gasteiger partial charge on any atom is -0.508 e. The Bertz CT molecular complexity index is 1100. The highest BCUT2D eigenvalue weighted by molar-refractivity contribution is 5.94. The maximum atomic E-state index is 13.6. The summed E-state index contributed by atoms with van der Waals surface area (Å²) in [6.07, 6.45) is 4.51. The van der Waals surface area contributed by atoms with Crippen LogP contribution in [0.25, 0.3) is 0 Å². The first-order valence-corrected chi connectivity index (χ1v) is 12.7. The number of phenols is 1. The Labute approximate surface area is 221 Å².